The fraction of sp³-hybridized carbons (Fsp3) is 0.0833. The van der Waals surface area contributed by atoms with E-state index in [0.717, 1.165) is 11.1 Å². The molecule has 0 spiro atoms. The first-order valence-electron chi connectivity index (χ1n) is 10.2. The van der Waals surface area contributed by atoms with Gasteiger partial charge >= 0.3 is 0 Å². The maximum Gasteiger partial charge on any atom is 0.263 e. The van der Waals surface area contributed by atoms with Crippen molar-refractivity contribution in [1.29, 1.82) is 5.26 Å². The second-order valence-corrected chi connectivity index (χ2v) is 7.47. The van der Waals surface area contributed by atoms with Crippen LogP contribution in [-0.2, 0) is 13.1 Å². The number of nitrogens with one attached hydrogen (secondary N) is 1. The van der Waals surface area contributed by atoms with Crippen LogP contribution in [0.15, 0.2) is 78.1 Å². The van der Waals surface area contributed by atoms with Crippen molar-refractivity contribution in [3.8, 4) is 6.07 Å². The van der Waals surface area contributed by atoms with E-state index in [4.69, 9.17) is 5.26 Å². The van der Waals surface area contributed by atoms with Crippen molar-refractivity contribution < 1.29 is 4.79 Å². The Hall–Kier alpha value is -4.84. The number of carbonyl (C=O) groups is 1. The summed E-state index contributed by atoms with van der Waals surface area (Å²) in [6.07, 6.45) is 4.87. The van der Waals surface area contributed by atoms with E-state index in [0.29, 0.717) is 34.4 Å². The van der Waals surface area contributed by atoms with Crippen molar-refractivity contribution in [2.75, 3.05) is 0 Å². The third kappa shape index (κ3) is 3.81. The Kier molecular flexibility index (Phi) is 5.09. The average molecular weight is 435 g/mol. The highest BCUT2D eigenvalue weighted by atomic mass is 16.1. The van der Waals surface area contributed by atoms with Crippen LogP contribution in [0, 0.1) is 11.3 Å². The van der Waals surface area contributed by atoms with Crippen LogP contribution in [0.5, 0.6) is 0 Å². The molecule has 0 bridgehead atoms. The van der Waals surface area contributed by atoms with E-state index in [-0.39, 0.29) is 18.0 Å². The lowest BCUT2D eigenvalue weighted by molar-refractivity contribution is 0.0951. The van der Waals surface area contributed by atoms with E-state index in [2.05, 4.69) is 26.6 Å². The molecule has 9 heteroatoms. The summed E-state index contributed by atoms with van der Waals surface area (Å²) < 4.78 is 3.23. The van der Waals surface area contributed by atoms with E-state index < -0.39 is 0 Å². The van der Waals surface area contributed by atoms with Gasteiger partial charge in [-0.15, -0.1) is 10.2 Å². The molecule has 0 aliphatic carbocycles. The molecule has 5 rings (SSSR count). The Morgan fingerprint density at radius 3 is 2.58 bits per heavy atom. The normalized spacial score (nSPS) is 10.9. The summed E-state index contributed by atoms with van der Waals surface area (Å²) in [5.74, 6) is 0.113. The molecule has 3 aromatic heterocycles. The Balaban J connectivity index is 1.53. The molecule has 5 aromatic rings. The SMILES string of the molecule is N#Cc1ccc(Cn2c(=O)c3cc(C(=O)NCc4ccncc4)ccc3n3cnnc23)cc1. The Morgan fingerprint density at radius 1 is 1.03 bits per heavy atom. The van der Waals surface area contributed by atoms with E-state index >= 15 is 0 Å². The smallest absolute Gasteiger partial charge is 0.263 e. The van der Waals surface area contributed by atoms with Gasteiger partial charge in [-0.2, -0.15) is 5.26 Å². The van der Waals surface area contributed by atoms with Crippen LogP contribution in [0.25, 0.3) is 16.7 Å². The highest BCUT2D eigenvalue weighted by molar-refractivity contribution is 5.98. The molecule has 0 aliphatic heterocycles. The Morgan fingerprint density at radius 2 is 1.82 bits per heavy atom. The van der Waals surface area contributed by atoms with Gasteiger partial charge in [0.05, 0.1) is 29.1 Å². The summed E-state index contributed by atoms with van der Waals surface area (Å²) in [7, 11) is 0. The molecule has 0 saturated heterocycles. The van der Waals surface area contributed by atoms with Crippen LogP contribution < -0.4 is 10.9 Å². The summed E-state index contributed by atoms with van der Waals surface area (Å²) in [6, 6.07) is 17.7. The minimum Gasteiger partial charge on any atom is -0.348 e. The molecule has 0 aliphatic rings. The van der Waals surface area contributed by atoms with E-state index in [1.54, 1.807) is 59.3 Å². The van der Waals surface area contributed by atoms with Crippen LogP contribution in [-0.4, -0.2) is 30.1 Å². The van der Waals surface area contributed by atoms with Gasteiger partial charge in [-0.05, 0) is 53.6 Å². The lowest BCUT2D eigenvalue weighted by Crippen LogP contribution is -2.25. The number of carbonyl (C=O) groups excluding carboxylic acids is 1. The lowest BCUT2D eigenvalue weighted by Gasteiger charge is -2.11. The fourth-order valence-electron chi connectivity index (χ4n) is 3.67. The number of hydrogen-bond donors (Lipinski definition) is 1. The largest absolute Gasteiger partial charge is 0.348 e. The van der Waals surface area contributed by atoms with Gasteiger partial charge in [0.25, 0.3) is 11.5 Å². The van der Waals surface area contributed by atoms with E-state index in [1.165, 1.54) is 10.9 Å². The van der Waals surface area contributed by atoms with Crippen molar-refractivity contribution in [1.82, 2.24) is 29.5 Å². The number of rotatable bonds is 5. The van der Waals surface area contributed by atoms with Gasteiger partial charge in [0, 0.05) is 24.5 Å². The van der Waals surface area contributed by atoms with E-state index in [9.17, 15) is 9.59 Å². The van der Waals surface area contributed by atoms with Crippen LogP contribution in [0.2, 0.25) is 0 Å². The molecule has 2 aromatic carbocycles. The molecule has 1 amide bonds. The maximum absolute atomic E-state index is 13.4. The quantitative estimate of drug-likeness (QED) is 0.453. The highest BCUT2D eigenvalue weighted by Crippen LogP contribution is 2.16. The predicted molar refractivity (Wildman–Crippen MR) is 120 cm³/mol. The molecule has 160 valence electrons. The predicted octanol–water partition coefficient (Wildman–Crippen LogP) is 2.29. The first-order valence-corrected chi connectivity index (χ1v) is 10.2. The third-order valence-corrected chi connectivity index (χ3v) is 5.39. The molecule has 0 saturated carbocycles. The first-order chi connectivity index (χ1) is 16.1. The first kappa shape index (κ1) is 20.1. The molecule has 1 N–H and O–H groups in total. The molecule has 0 unspecified atom stereocenters. The van der Waals surface area contributed by atoms with Gasteiger partial charge in [0.2, 0.25) is 5.78 Å². The fourth-order valence-corrected chi connectivity index (χ4v) is 3.67. The topological polar surface area (TPSA) is 118 Å². The highest BCUT2D eigenvalue weighted by Gasteiger charge is 2.15. The van der Waals surface area contributed by atoms with Gasteiger partial charge in [-0.25, -0.2) is 0 Å². The third-order valence-electron chi connectivity index (χ3n) is 5.39. The van der Waals surface area contributed by atoms with Gasteiger partial charge < -0.3 is 5.32 Å². The van der Waals surface area contributed by atoms with Gasteiger partial charge in [0.15, 0.2) is 0 Å². The molecule has 0 radical (unpaired) electrons. The summed E-state index contributed by atoms with van der Waals surface area (Å²) in [5.41, 5.74) is 3.02. The minimum atomic E-state index is -0.282. The van der Waals surface area contributed by atoms with Crippen LogP contribution in [0.4, 0.5) is 0 Å². The van der Waals surface area contributed by atoms with Crippen molar-refractivity contribution in [2.24, 2.45) is 0 Å². The van der Waals surface area contributed by atoms with Crippen molar-refractivity contribution in [3.63, 3.8) is 0 Å². The van der Waals surface area contributed by atoms with E-state index in [1.807, 2.05) is 12.1 Å². The zero-order valence-electron chi connectivity index (χ0n) is 17.3. The van der Waals surface area contributed by atoms with Gasteiger partial charge in [0.1, 0.15) is 6.33 Å². The van der Waals surface area contributed by atoms with Gasteiger partial charge in [-0.3, -0.25) is 23.5 Å². The zero-order valence-corrected chi connectivity index (χ0v) is 17.3. The van der Waals surface area contributed by atoms with Gasteiger partial charge in [-0.1, -0.05) is 12.1 Å². The number of nitrogens with zero attached hydrogens (tertiary/aromatic N) is 6. The van der Waals surface area contributed by atoms with Crippen LogP contribution in [0.1, 0.15) is 27.0 Å². The van der Waals surface area contributed by atoms with Crippen LogP contribution >= 0.6 is 0 Å². The van der Waals surface area contributed by atoms with Crippen molar-refractivity contribution >= 4 is 22.6 Å². The average Bonchev–Trinajstić information content (AvgIpc) is 3.36. The number of aromatic nitrogens is 5. The summed E-state index contributed by atoms with van der Waals surface area (Å²) in [4.78, 5) is 30.1. The molecule has 33 heavy (non-hydrogen) atoms. The maximum atomic E-state index is 13.4. The summed E-state index contributed by atoms with van der Waals surface area (Å²) in [6.45, 7) is 0.605. The second-order valence-electron chi connectivity index (χ2n) is 7.47. The summed E-state index contributed by atoms with van der Waals surface area (Å²) in [5, 5.41) is 20.3. The standard InChI is InChI=1S/C24H17N7O2/c25-12-16-1-3-18(4-2-16)14-30-23(33)20-11-19(5-6-21(20)31-15-28-29-24(30)31)22(32)27-13-17-7-9-26-10-8-17/h1-11,15H,13-14H2,(H,27,32). The summed E-state index contributed by atoms with van der Waals surface area (Å²) >= 11 is 0. The molecular formula is C24H17N7O2. The van der Waals surface area contributed by atoms with Crippen LogP contribution in [0.3, 0.4) is 0 Å². The molecule has 9 nitrogen and oxygen atoms in total. The zero-order chi connectivity index (χ0) is 22.8. The number of benzene rings is 2. The van der Waals surface area contributed by atoms with Crippen molar-refractivity contribution in [3.05, 3.63) is 106 Å². The van der Waals surface area contributed by atoms with Crippen molar-refractivity contribution in [2.45, 2.75) is 13.1 Å². The number of amides is 1. The molecule has 0 fully saturated rings. The number of nitriles is 1. The number of pyridine rings is 1. The second kappa shape index (κ2) is 8.36. The number of hydrogen-bond acceptors (Lipinski definition) is 6. The molecular weight excluding hydrogens is 418 g/mol. The molecule has 3 heterocycles. The Bertz CT molecular complexity index is 1580. The monoisotopic (exact) mass is 435 g/mol. The Labute approximate surface area is 187 Å². The molecule has 0 atom stereocenters. The number of fused-ring (bicyclic) bond motifs is 3. The minimum absolute atomic E-state index is 0.251. The lowest BCUT2D eigenvalue weighted by atomic mass is 10.1.